The highest BCUT2D eigenvalue weighted by Crippen LogP contribution is 2.33. The Hall–Kier alpha value is -1.89. The van der Waals surface area contributed by atoms with Crippen molar-refractivity contribution in [2.75, 3.05) is 19.6 Å². The Morgan fingerprint density at radius 3 is 2.79 bits per heavy atom. The summed E-state index contributed by atoms with van der Waals surface area (Å²) in [5.74, 6) is 0.0606. The fourth-order valence-electron chi connectivity index (χ4n) is 3.83. The minimum absolute atomic E-state index is 0.0820. The first-order chi connectivity index (χ1) is 11.4. The zero-order chi connectivity index (χ0) is 17.3. The molecule has 24 heavy (non-hydrogen) atoms. The lowest BCUT2D eigenvalue weighted by atomic mass is 9.80. The van der Waals surface area contributed by atoms with Gasteiger partial charge < -0.3 is 10.2 Å². The van der Waals surface area contributed by atoms with E-state index in [2.05, 4.69) is 15.3 Å². The zero-order valence-electron chi connectivity index (χ0n) is 14.7. The highest BCUT2D eigenvalue weighted by Gasteiger charge is 2.53. The summed E-state index contributed by atoms with van der Waals surface area (Å²) in [6.45, 7) is 9.25. The molecule has 132 valence electrons. The van der Waals surface area contributed by atoms with Gasteiger partial charge >= 0.3 is 6.03 Å². The summed E-state index contributed by atoms with van der Waals surface area (Å²) in [7, 11) is 0. The predicted octanol–water partition coefficient (Wildman–Crippen LogP) is 1.31. The Kier molecular flexibility index (Phi) is 4.62. The van der Waals surface area contributed by atoms with Gasteiger partial charge in [0, 0.05) is 37.4 Å². The molecule has 0 bridgehead atoms. The zero-order valence-corrected chi connectivity index (χ0v) is 14.7. The highest BCUT2D eigenvalue weighted by atomic mass is 16.2. The lowest BCUT2D eigenvalue weighted by Crippen LogP contribution is -2.56. The Bertz CT molecular complexity index is 600. The second-order valence-electron chi connectivity index (χ2n) is 7.31. The molecule has 0 spiro atoms. The molecular formula is C17H27N5O2. The summed E-state index contributed by atoms with van der Waals surface area (Å²) in [6.07, 6.45) is 5.76. The molecule has 2 aliphatic rings. The number of hydrogen-bond donors (Lipinski definition) is 1. The highest BCUT2D eigenvalue weighted by molar-refractivity contribution is 6.07. The average molecular weight is 333 g/mol. The third kappa shape index (κ3) is 3.05. The van der Waals surface area contributed by atoms with Gasteiger partial charge in [-0.1, -0.05) is 0 Å². The van der Waals surface area contributed by atoms with Crippen LogP contribution in [-0.2, 0) is 11.3 Å². The molecule has 3 amide bonds. The second kappa shape index (κ2) is 6.55. The summed E-state index contributed by atoms with van der Waals surface area (Å²) in [5.41, 5.74) is -0.786. The lowest BCUT2D eigenvalue weighted by Gasteiger charge is -2.40. The summed E-state index contributed by atoms with van der Waals surface area (Å²) < 4.78 is 1.92. The molecule has 3 rings (SSSR count). The molecule has 0 radical (unpaired) electrons. The molecule has 2 fully saturated rings. The van der Waals surface area contributed by atoms with E-state index in [1.54, 1.807) is 6.20 Å². The smallest absolute Gasteiger partial charge is 0.323 e. The molecule has 0 aliphatic carbocycles. The van der Waals surface area contributed by atoms with Gasteiger partial charge in [0.25, 0.3) is 5.91 Å². The molecule has 1 aromatic rings. The molecule has 1 N–H and O–H groups in total. The van der Waals surface area contributed by atoms with Crippen LogP contribution in [0.25, 0.3) is 0 Å². The van der Waals surface area contributed by atoms with Gasteiger partial charge in [-0.3, -0.25) is 14.4 Å². The molecule has 2 saturated heterocycles. The summed E-state index contributed by atoms with van der Waals surface area (Å²) in [6, 6.07) is 1.55. The van der Waals surface area contributed by atoms with Gasteiger partial charge in [0.2, 0.25) is 0 Å². The molecule has 1 aromatic heterocycles. The van der Waals surface area contributed by atoms with Crippen molar-refractivity contribution in [2.45, 2.75) is 51.7 Å². The van der Waals surface area contributed by atoms with Gasteiger partial charge in [0.15, 0.2) is 0 Å². The normalized spacial score (nSPS) is 28.7. The van der Waals surface area contributed by atoms with Gasteiger partial charge in [0.05, 0.1) is 6.54 Å². The molecular weight excluding hydrogens is 306 g/mol. The number of hydrogen-bond acceptors (Lipinski definition) is 4. The molecule has 2 unspecified atom stereocenters. The second-order valence-corrected chi connectivity index (χ2v) is 7.31. The maximum atomic E-state index is 12.8. The van der Waals surface area contributed by atoms with Crippen molar-refractivity contribution in [1.29, 1.82) is 0 Å². The summed E-state index contributed by atoms with van der Waals surface area (Å²) in [4.78, 5) is 28.8. The summed E-state index contributed by atoms with van der Waals surface area (Å²) >= 11 is 0. The van der Waals surface area contributed by atoms with E-state index in [9.17, 15) is 9.59 Å². The maximum Gasteiger partial charge on any atom is 0.325 e. The van der Waals surface area contributed by atoms with E-state index in [0.29, 0.717) is 0 Å². The van der Waals surface area contributed by atoms with Gasteiger partial charge in [0.1, 0.15) is 5.54 Å². The number of aromatic nitrogens is 2. The molecule has 0 aromatic carbocycles. The number of imide groups is 1. The lowest BCUT2D eigenvalue weighted by molar-refractivity contribution is -0.134. The number of likely N-dealkylation sites (tertiary alicyclic amines) is 1. The van der Waals surface area contributed by atoms with Crippen LogP contribution in [0.2, 0.25) is 0 Å². The van der Waals surface area contributed by atoms with Gasteiger partial charge in [-0.25, -0.2) is 4.79 Å². The van der Waals surface area contributed by atoms with Crippen LogP contribution in [0.1, 0.15) is 33.6 Å². The van der Waals surface area contributed by atoms with Crippen molar-refractivity contribution in [3.05, 3.63) is 18.5 Å². The largest absolute Gasteiger partial charge is 0.325 e. The molecule has 7 nitrogen and oxygen atoms in total. The predicted molar refractivity (Wildman–Crippen MR) is 90.3 cm³/mol. The van der Waals surface area contributed by atoms with Crippen LogP contribution in [0.3, 0.4) is 0 Å². The molecule has 3 heterocycles. The van der Waals surface area contributed by atoms with E-state index in [4.69, 9.17) is 0 Å². The topological polar surface area (TPSA) is 70.5 Å². The fourth-order valence-corrected chi connectivity index (χ4v) is 3.83. The number of piperidine rings is 1. The molecule has 7 heteroatoms. The number of amides is 3. The number of nitrogens with one attached hydrogen (secondary N) is 1. The van der Waals surface area contributed by atoms with E-state index in [1.165, 1.54) is 4.90 Å². The Morgan fingerprint density at radius 2 is 2.17 bits per heavy atom. The molecule has 2 atom stereocenters. The van der Waals surface area contributed by atoms with Crippen molar-refractivity contribution >= 4 is 11.9 Å². The first-order valence-electron chi connectivity index (χ1n) is 8.77. The van der Waals surface area contributed by atoms with Crippen molar-refractivity contribution in [1.82, 2.24) is 24.9 Å². The van der Waals surface area contributed by atoms with Crippen LogP contribution < -0.4 is 5.32 Å². The standard InChI is InChI=1S/C17H27N5O2/c1-13(2)22-15(23)17(3,19-16(22)24)14-6-4-8-20(12-14)10-11-21-9-5-7-18-21/h5,7,9,13-14H,4,6,8,10-12H2,1-3H3,(H,19,24). The van der Waals surface area contributed by atoms with Crippen LogP contribution in [0, 0.1) is 5.92 Å². The van der Waals surface area contributed by atoms with E-state index in [-0.39, 0.29) is 23.9 Å². The van der Waals surface area contributed by atoms with E-state index in [1.807, 2.05) is 37.7 Å². The first-order valence-corrected chi connectivity index (χ1v) is 8.77. The van der Waals surface area contributed by atoms with Crippen LogP contribution >= 0.6 is 0 Å². The number of rotatable bonds is 5. The average Bonchev–Trinajstić information content (AvgIpc) is 3.13. The van der Waals surface area contributed by atoms with Crippen LogP contribution in [0.4, 0.5) is 4.79 Å². The van der Waals surface area contributed by atoms with Gasteiger partial charge in [-0.2, -0.15) is 5.10 Å². The van der Waals surface area contributed by atoms with E-state index < -0.39 is 5.54 Å². The number of carbonyl (C=O) groups excluding carboxylic acids is 2. The fraction of sp³-hybridized carbons (Fsp3) is 0.706. The van der Waals surface area contributed by atoms with Gasteiger partial charge in [-0.15, -0.1) is 0 Å². The van der Waals surface area contributed by atoms with E-state index >= 15 is 0 Å². The number of nitrogens with zero attached hydrogens (tertiary/aromatic N) is 4. The van der Waals surface area contributed by atoms with Crippen LogP contribution in [0.5, 0.6) is 0 Å². The molecule has 0 saturated carbocycles. The van der Waals surface area contributed by atoms with Crippen molar-refractivity contribution < 1.29 is 9.59 Å². The number of urea groups is 1. The quantitative estimate of drug-likeness (QED) is 0.825. The van der Waals surface area contributed by atoms with Crippen molar-refractivity contribution in [3.63, 3.8) is 0 Å². The number of carbonyl (C=O) groups is 2. The third-order valence-electron chi connectivity index (χ3n) is 5.29. The first kappa shape index (κ1) is 17.0. The maximum absolute atomic E-state index is 12.8. The monoisotopic (exact) mass is 333 g/mol. The Labute approximate surface area is 143 Å². The van der Waals surface area contributed by atoms with E-state index in [0.717, 1.165) is 39.0 Å². The Morgan fingerprint density at radius 1 is 1.38 bits per heavy atom. The van der Waals surface area contributed by atoms with Crippen molar-refractivity contribution in [3.8, 4) is 0 Å². The van der Waals surface area contributed by atoms with Crippen LogP contribution in [-0.4, -0.2) is 62.7 Å². The summed E-state index contributed by atoms with van der Waals surface area (Å²) in [5, 5.41) is 7.20. The third-order valence-corrected chi connectivity index (χ3v) is 5.29. The Balaban J connectivity index is 1.65. The van der Waals surface area contributed by atoms with Crippen LogP contribution in [0.15, 0.2) is 18.5 Å². The minimum Gasteiger partial charge on any atom is -0.323 e. The molecule has 2 aliphatic heterocycles. The van der Waals surface area contributed by atoms with Crippen molar-refractivity contribution in [2.24, 2.45) is 5.92 Å². The SMILES string of the molecule is CC(C)N1C(=O)NC(C)(C2CCCN(CCn3cccn3)C2)C1=O. The van der Waals surface area contributed by atoms with Gasteiger partial charge in [-0.05, 0) is 46.2 Å². The minimum atomic E-state index is -0.786.